The average Bonchev–Trinajstić information content (AvgIpc) is 3.48. The minimum atomic E-state index is -0.294. The molecule has 5 aromatic rings. The summed E-state index contributed by atoms with van der Waals surface area (Å²) in [4.78, 5) is 27.1. The smallest absolute Gasteiger partial charge is 0.261 e. The molecule has 192 valence electrons. The van der Waals surface area contributed by atoms with Crippen LogP contribution in [0.3, 0.4) is 0 Å². The van der Waals surface area contributed by atoms with E-state index < -0.39 is 0 Å². The first-order valence-electron chi connectivity index (χ1n) is 12.6. The molecular weight excluding hydrogens is 490 g/mol. The van der Waals surface area contributed by atoms with Crippen LogP contribution in [0.1, 0.15) is 20.7 Å². The van der Waals surface area contributed by atoms with E-state index in [1.165, 1.54) is 4.90 Å². The summed E-state index contributed by atoms with van der Waals surface area (Å²) in [5.74, 6) is 0.365. The molecule has 8 heteroatoms. The number of carbonyl (C=O) groups excluding carboxylic acids is 2. The van der Waals surface area contributed by atoms with Crippen LogP contribution in [0.25, 0.3) is 33.7 Å². The Hall–Kier alpha value is -5.24. The fourth-order valence-corrected chi connectivity index (χ4v) is 4.77. The Bertz CT molecular complexity index is 1670. The van der Waals surface area contributed by atoms with Crippen molar-refractivity contribution in [2.45, 2.75) is 0 Å². The summed E-state index contributed by atoms with van der Waals surface area (Å²) in [5, 5.41) is 16.7. The van der Waals surface area contributed by atoms with Gasteiger partial charge in [0.05, 0.1) is 0 Å². The molecule has 1 aliphatic rings. The van der Waals surface area contributed by atoms with E-state index in [9.17, 15) is 9.59 Å². The number of rotatable bonds is 9. The van der Waals surface area contributed by atoms with Crippen LogP contribution in [-0.4, -0.2) is 46.5 Å². The van der Waals surface area contributed by atoms with Gasteiger partial charge in [-0.25, -0.2) is 0 Å². The Balaban J connectivity index is 1.10. The molecule has 1 aliphatic heterocycles. The lowest BCUT2D eigenvalue weighted by Crippen LogP contribution is -2.40. The van der Waals surface area contributed by atoms with Crippen LogP contribution in [0.2, 0.25) is 0 Å². The maximum absolute atomic E-state index is 12.9. The average molecular weight is 516 g/mol. The molecule has 2 N–H and O–H groups in total. The second-order valence-electron chi connectivity index (χ2n) is 9.11. The molecule has 0 radical (unpaired) electrons. The molecule has 0 atom stereocenters. The van der Waals surface area contributed by atoms with Gasteiger partial charge in [-0.05, 0) is 54.6 Å². The number of aromatic nitrogens is 2. The lowest BCUT2D eigenvalue weighted by Gasteiger charge is -2.27. The number of imide groups is 1. The molecule has 2 heterocycles. The number of benzene rings is 4. The van der Waals surface area contributed by atoms with E-state index in [2.05, 4.69) is 27.4 Å². The molecule has 0 fully saturated rings. The zero-order chi connectivity index (χ0) is 26.8. The molecular formula is C31H25N5O3. The van der Waals surface area contributed by atoms with Crippen LogP contribution >= 0.6 is 0 Å². The molecule has 0 unspecified atom stereocenters. The van der Waals surface area contributed by atoms with E-state index in [1.807, 2.05) is 72.8 Å². The third-order valence-corrected chi connectivity index (χ3v) is 6.65. The highest BCUT2D eigenvalue weighted by atomic mass is 16.4. The van der Waals surface area contributed by atoms with Gasteiger partial charge in [0.25, 0.3) is 11.8 Å². The first-order valence-corrected chi connectivity index (χ1v) is 12.6. The summed E-state index contributed by atoms with van der Waals surface area (Å²) in [7, 11) is 0. The number of nitrogens with one attached hydrogen (secondary N) is 2. The molecule has 0 aliphatic carbocycles. The molecule has 4 aromatic carbocycles. The maximum atomic E-state index is 12.9. The van der Waals surface area contributed by atoms with Gasteiger partial charge in [0.2, 0.25) is 11.8 Å². The first kappa shape index (κ1) is 24.1. The van der Waals surface area contributed by atoms with Crippen molar-refractivity contribution >= 4 is 34.0 Å². The van der Waals surface area contributed by atoms with Crippen LogP contribution in [0, 0.1) is 0 Å². The van der Waals surface area contributed by atoms with Crippen molar-refractivity contribution in [1.29, 1.82) is 0 Å². The van der Waals surface area contributed by atoms with Gasteiger partial charge in [-0.1, -0.05) is 36.4 Å². The van der Waals surface area contributed by atoms with Gasteiger partial charge in [-0.3, -0.25) is 14.5 Å². The van der Waals surface area contributed by atoms with Crippen molar-refractivity contribution in [3.63, 3.8) is 0 Å². The molecule has 8 nitrogen and oxygen atoms in total. The summed E-state index contributed by atoms with van der Waals surface area (Å²) < 4.78 is 5.84. The van der Waals surface area contributed by atoms with Gasteiger partial charge in [0.15, 0.2) is 0 Å². The molecule has 0 saturated heterocycles. The molecule has 0 bridgehead atoms. The quantitative estimate of drug-likeness (QED) is 0.144. The normalized spacial score (nSPS) is 12.6. The van der Waals surface area contributed by atoms with Crippen LogP contribution < -0.4 is 10.6 Å². The largest absolute Gasteiger partial charge is 0.416 e. The summed E-state index contributed by atoms with van der Waals surface area (Å²) >= 11 is 0. The monoisotopic (exact) mass is 515 g/mol. The molecule has 1 aromatic heterocycles. The van der Waals surface area contributed by atoms with Gasteiger partial charge in [-0.15, -0.1) is 16.8 Å². The Morgan fingerprint density at radius 3 is 2.13 bits per heavy atom. The SMILES string of the molecule is C=CCN1C(=O)c2cccc3c(NCCNc4ccc(-c5nnc(-c6ccccc6)o5)cc4)ccc(c23)C1=O. The second-order valence-corrected chi connectivity index (χ2v) is 9.11. The number of hydrogen-bond acceptors (Lipinski definition) is 7. The predicted molar refractivity (Wildman–Crippen MR) is 152 cm³/mol. The first-order chi connectivity index (χ1) is 19.1. The van der Waals surface area contributed by atoms with E-state index >= 15 is 0 Å². The summed E-state index contributed by atoms with van der Waals surface area (Å²) in [6.07, 6.45) is 1.56. The fraction of sp³-hybridized carbons (Fsp3) is 0.0968. The fourth-order valence-electron chi connectivity index (χ4n) is 4.77. The molecule has 6 rings (SSSR count). The number of hydrogen-bond donors (Lipinski definition) is 2. The zero-order valence-electron chi connectivity index (χ0n) is 21.1. The third-order valence-electron chi connectivity index (χ3n) is 6.65. The van der Waals surface area contributed by atoms with Gasteiger partial charge in [-0.2, -0.15) is 0 Å². The lowest BCUT2D eigenvalue weighted by atomic mass is 9.93. The van der Waals surface area contributed by atoms with Crippen molar-refractivity contribution in [2.75, 3.05) is 30.3 Å². The maximum Gasteiger partial charge on any atom is 0.261 e. The summed E-state index contributed by atoms with van der Waals surface area (Å²) in [6.45, 7) is 5.14. The standard InChI is InChI=1S/C31H25N5O3/c1-2-19-36-30(37)24-10-6-9-23-26(16-15-25(27(23)24)31(36)38)33-18-17-32-22-13-11-21(12-14-22)29-35-34-28(39-29)20-7-4-3-5-8-20/h2-16,32-33H,1,17-19H2. The minimum absolute atomic E-state index is 0.184. The zero-order valence-corrected chi connectivity index (χ0v) is 21.1. The number of nitrogens with zero attached hydrogens (tertiary/aromatic N) is 3. The number of carbonyl (C=O) groups is 2. The van der Waals surface area contributed by atoms with E-state index in [1.54, 1.807) is 18.2 Å². The summed E-state index contributed by atoms with van der Waals surface area (Å²) in [5.41, 5.74) is 4.61. The second kappa shape index (κ2) is 10.3. The van der Waals surface area contributed by atoms with Gasteiger partial charge in [0.1, 0.15) is 0 Å². The number of anilines is 2. The van der Waals surface area contributed by atoms with Crippen molar-refractivity contribution in [2.24, 2.45) is 0 Å². The minimum Gasteiger partial charge on any atom is -0.416 e. The predicted octanol–water partition coefficient (Wildman–Crippen LogP) is 5.86. The van der Waals surface area contributed by atoms with Crippen LogP contribution in [0.15, 0.2) is 102 Å². The Morgan fingerprint density at radius 2 is 1.41 bits per heavy atom. The van der Waals surface area contributed by atoms with Crippen LogP contribution in [0.4, 0.5) is 11.4 Å². The molecule has 2 amide bonds. The Labute approximate surface area is 225 Å². The molecule has 39 heavy (non-hydrogen) atoms. The van der Waals surface area contributed by atoms with Gasteiger partial charge in [0, 0.05) is 64.0 Å². The van der Waals surface area contributed by atoms with Crippen LogP contribution in [0.5, 0.6) is 0 Å². The van der Waals surface area contributed by atoms with E-state index in [0.717, 1.165) is 27.9 Å². The van der Waals surface area contributed by atoms with E-state index in [-0.39, 0.29) is 18.4 Å². The molecule has 0 saturated carbocycles. The van der Waals surface area contributed by atoms with Crippen molar-refractivity contribution in [3.8, 4) is 22.9 Å². The van der Waals surface area contributed by atoms with Crippen molar-refractivity contribution in [1.82, 2.24) is 15.1 Å². The van der Waals surface area contributed by atoms with Gasteiger partial charge >= 0.3 is 0 Å². The molecule has 0 spiro atoms. The van der Waals surface area contributed by atoms with E-state index in [4.69, 9.17) is 4.42 Å². The highest BCUT2D eigenvalue weighted by Crippen LogP contribution is 2.34. The van der Waals surface area contributed by atoms with Crippen LogP contribution in [-0.2, 0) is 0 Å². The third kappa shape index (κ3) is 4.53. The van der Waals surface area contributed by atoms with E-state index in [0.29, 0.717) is 41.4 Å². The Kier molecular flexibility index (Phi) is 6.34. The topological polar surface area (TPSA) is 100 Å². The van der Waals surface area contributed by atoms with Gasteiger partial charge < -0.3 is 15.1 Å². The number of amides is 2. The summed E-state index contributed by atoms with van der Waals surface area (Å²) in [6, 6.07) is 26.7. The Morgan fingerprint density at radius 1 is 0.744 bits per heavy atom. The lowest BCUT2D eigenvalue weighted by molar-refractivity contribution is 0.0629. The highest BCUT2D eigenvalue weighted by Gasteiger charge is 2.32. The van der Waals surface area contributed by atoms with Crippen molar-refractivity contribution in [3.05, 3.63) is 109 Å². The highest BCUT2D eigenvalue weighted by molar-refractivity contribution is 6.26. The van der Waals surface area contributed by atoms with Crippen molar-refractivity contribution < 1.29 is 14.0 Å².